The molecule has 1 fully saturated rings. The predicted molar refractivity (Wildman–Crippen MR) is 103 cm³/mol. The van der Waals surface area contributed by atoms with E-state index in [1.807, 2.05) is 0 Å². The molecule has 4 rings (SSSR count). The molecule has 1 saturated heterocycles. The Bertz CT molecular complexity index is 1160. The Kier molecular flexibility index (Phi) is 4.89. The zero-order valence-corrected chi connectivity index (χ0v) is 16.7. The molecule has 1 unspecified atom stereocenters. The van der Waals surface area contributed by atoms with E-state index < -0.39 is 28.5 Å². The van der Waals surface area contributed by atoms with E-state index in [9.17, 15) is 27.6 Å². The van der Waals surface area contributed by atoms with Gasteiger partial charge in [0.15, 0.2) is 0 Å². The lowest BCUT2D eigenvalue weighted by Crippen LogP contribution is -2.54. The standard InChI is InChI=1S/C20H14F3N3O4S/c1-30-12-3-2-11-9-26(16(27)14(11)8-12)10-19(17(28)24-18(29)25-19)7-6-13-4-5-15(31-13)20(21,22)23/h2-5,8H,9-10H2,1H3,(H2,24,25,28,29). The van der Waals surface area contributed by atoms with Gasteiger partial charge < -0.3 is 15.0 Å². The maximum absolute atomic E-state index is 12.8. The molecule has 1 aromatic carbocycles. The number of benzene rings is 1. The van der Waals surface area contributed by atoms with Crippen LogP contribution >= 0.6 is 11.3 Å². The van der Waals surface area contributed by atoms with E-state index in [1.54, 1.807) is 18.2 Å². The van der Waals surface area contributed by atoms with Crippen LogP contribution in [-0.4, -0.2) is 41.9 Å². The lowest BCUT2D eigenvalue weighted by Gasteiger charge is -2.26. The van der Waals surface area contributed by atoms with Crippen molar-refractivity contribution in [3.8, 4) is 17.6 Å². The van der Waals surface area contributed by atoms with Gasteiger partial charge in [-0.25, -0.2) is 4.79 Å². The minimum absolute atomic E-state index is 0.0708. The molecule has 7 nitrogen and oxygen atoms in total. The molecule has 0 spiro atoms. The van der Waals surface area contributed by atoms with Crippen LogP contribution in [0.5, 0.6) is 5.75 Å². The number of imide groups is 1. The summed E-state index contributed by atoms with van der Waals surface area (Å²) in [5, 5.41) is 4.49. The number of carbonyl (C=O) groups is 3. The number of alkyl halides is 3. The Hall–Kier alpha value is -3.52. The van der Waals surface area contributed by atoms with Crippen LogP contribution in [0.25, 0.3) is 0 Å². The van der Waals surface area contributed by atoms with Crippen molar-refractivity contribution in [1.29, 1.82) is 0 Å². The van der Waals surface area contributed by atoms with Gasteiger partial charge in [0, 0.05) is 12.1 Å². The largest absolute Gasteiger partial charge is 0.497 e. The van der Waals surface area contributed by atoms with E-state index in [1.165, 1.54) is 18.1 Å². The summed E-state index contributed by atoms with van der Waals surface area (Å²) in [6.45, 7) is -0.0904. The topological polar surface area (TPSA) is 87.7 Å². The molecule has 1 aromatic heterocycles. The second kappa shape index (κ2) is 7.31. The quantitative estimate of drug-likeness (QED) is 0.557. The number of hydrogen-bond donors (Lipinski definition) is 2. The molecule has 2 aliphatic rings. The zero-order chi connectivity index (χ0) is 22.4. The monoisotopic (exact) mass is 449 g/mol. The number of carbonyl (C=O) groups excluding carboxylic acids is 3. The van der Waals surface area contributed by atoms with Crippen molar-refractivity contribution in [3.05, 3.63) is 51.2 Å². The van der Waals surface area contributed by atoms with Crippen molar-refractivity contribution in [3.63, 3.8) is 0 Å². The van der Waals surface area contributed by atoms with Crippen molar-refractivity contribution in [1.82, 2.24) is 15.5 Å². The molecule has 0 radical (unpaired) electrons. The van der Waals surface area contributed by atoms with Gasteiger partial charge in [-0.2, -0.15) is 13.2 Å². The first-order valence-electron chi connectivity index (χ1n) is 8.91. The Morgan fingerprint density at radius 1 is 1.23 bits per heavy atom. The number of nitrogens with zero attached hydrogens (tertiary/aromatic N) is 1. The Balaban J connectivity index is 1.63. The second-order valence-corrected chi connectivity index (χ2v) is 7.99. The highest BCUT2D eigenvalue weighted by atomic mass is 32.1. The molecule has 3 heterocycles. The highest BCUT2D eigenvalue weighted by Gasteiger charge is 2.48. The summed E-state index contributed by atoms with van der Waals surface area (Å²) in [5.74, 6) is 4.46. The summed E-state index contributed by atoms with van der Waals surface area (Å²) in [6, 6.07) is 6.28. The van der Waals surface area contributed by atoms with Gasteiger partial charge in [0.2, 0.25) is 5.54 Å². The van der Waals surface area contributed by atoms with Gasteiger partial charge in [-0.05, 0) is 29.8 Å². The van der Waals surface area contributed by atoms with Crippen LogP contribution < -0.4 is 15.4 Å². The molecule has 0 aliphatic carbocycles. The second-order valence-electron chi connectivity index (χ2n) is 6.91. The van der Waals surface area contributed by atoms with Gasteiger partial charge in [0.1, 0.15) is 10.6 Å². The first-order chi connectivity index (χ1) is 14.6. The van der Waals surface area contributed by atoms with Crippen molar-refractivity contribution in [2.24, 2.45) is 0 Å². The van der Waals surface area contributed by atoms with Crippen LogP contribution in [0.4, 0.5) is 18.0 Å². The summed E-state index contributed by atoms with van der Waals surface area (Å²) in [4.78, 5) is 37.7. The van der Waals surface area contributed by atoms with E-state index in [2.05, 4.69) is 22.5 Å². The molecule has 1 atom stereocenters. The van der Waals surface area contributed by atoms with Crippen molar-refractivity contribution in [2.45, 2.75) is 18.3 Å². The first kappa shape index (κ1) is 20.7. The van der Waals surface area contributed by atoms with Crippen molar-refractivity contribution >= 4 is 29.2 Å². The molecule has 2 aromatic rings. The SMILES string of the molecule is COc1ccc2c(c1)C(=O)N(CC1(C#Cc3ccc(C(F)(F)F)s3)NC(=O)NC1=O)C2. The molecule has 4 amide bonds. The van der Waals surface area contributed by atoms with E-state index in [-0.39, 0.29) is 23.9 Å². The molecule has 31 heavy (non-hydrogen) atoms. The van der Waals surface area contributed by atoms with Gasteiger partial charge in [0.25, 0.3) is 11.8 Å². The van der Waals surface area contributed by atoms with E-state index in [0.29, 0.717) is 28.2 Å². The fraction of sp³-hybridized carbons (Fsp3) is 0.250. The fourth-order valence-corrected chi connectivity index (χ4v) is 4.06. The average Bonchev–Trinajstić information content (AvgIpc) is 3.38. The van der Waals surface area contributed by atoms with E-state index in [4.69, 9.17) is 4.74 Å². The lowest BCUT2D eigenvalue weighted by molar-refractivity contribution is -0.134. The maximum atomic E-state index is 12.8. The van der Waals surface area contributed by atoms with Crippen LogP contribution in [0.2, 0.25) is 0 Å². The third-order valence-electron chi connectivity index (χ3n) is 4.85. The zero-order valence-electron chi connectivity index (χ0n) is 15.9. The Labute approximate surface area is 178 Å². The number of methoxy groups -OCH3 is 1. The summed E-state index contributed by atoms with van der Waals surface area (Å²) in [7, 11) is 1.47. The number of fused-ring (bicyclic) bond motifs is 1. The smallest absolute Gasteiger partial charge is 0.425 e. The number of nitrogens with one attached hydrogen (secondary N) is 2. The lowest BCUT2D eigenvalue weighted by atomic mass is 9.99. The molecule has 0 bridgehead atoms. The molecule has 0 saturated carbocycles. The number of thiophene rings is 1. The van der Waals surface area contributed by atoms with Crippen LogP contribution in [0.3, 0.4) is 0 Å². The molecule has 11 heteroatoms. The summed E-state index contributed by atoms with van der Waals surface area (Å²) >= 11 is 0.424. The van der Waals surface area contributed by atoms with Gasteiger partial charge in [-0.15, -0.1) is 11.3 Å². The molecular weight excluding hydrogens is 435 g/mol. The normalized spacial score (nSPS) is 20.1. The van der Waals surface area contributed by atoms with Gasteiger partial charge >= 0.3 is 12.2 Å². The van der Waals surface area contributed by atoms with Crippen molar-refractivity contribution in [2.75, 3.05) is 13.7 Å². The molecule has 160 valence electrons. The van der Waals surface area contributed by atoms with Gasteiger partial charge in [-0.1, -0.05) is 17.9 Å². The van der Waals surface area contributed by atoms with Crippen LogP contribution in [-0.2, 0) is 17.5 Å². The van der Waals surface area contributed by atoms with E-state index >= 15 is 0 Å². The minimum Gasteiger partial charge on any atom is -0.497 e. The third-order valence-corrected chi connectivity index (χ3v) is 5.90. The maximum Gasteiger partial charge on any atom is 0.425 e. The van der Waals surface area contributed by atoms with Crippen LogP contribution in [0, 0.1) is 11.8 Å². The highest BCUT2D eigenvalue weighted by Crippen LogP contribution is 2.34. The van der Waals surface area contributed by atoms with Crippen LogP contribution in [0.15, 0.2) is 30.3 Å². The minimum atomic E-state index is -4.50. The van der Waals surface area contributed by atoms with Crippen LogP contribution in [0.1, 0.15) is 25.7 Å². The third kappa shape index (κ3) is 3.82. The Morgan fingerprint density at radius 3 is 2.61 bits per heavy atom. The molecular formula is C20H14F3N3O4S. The van der Waals surface area contributed by atoms with E-state index in [0.717, 1.165) is 6.07 Å². The summed E-state index contributed by atoms with van der Waals surface area (Å²) < 4.78 is 43.6. The number of hydrogen-bond acceptors (Lipinski definition) is 5. The number of urea groups is 1. The number of halogens is 3. The highest BCUT2D eigenvalue weighted by molar-refractivity contribution is 7.12. The first-order valence-corrected chi connectivity index (χ1v) is 9.73. The number of ether oxygens (including phenoxy) is 1. The summed E-state index contributed by atoms with van der Waals surface area (Å²) in [5.41, 5.74) is -0.673. The van der Waals surface area contributed by atoms with Gasteiger partial charge in [-0.3, -0.25) is 14.9 Å². The Morgan fingerprint density at radius 2 is 2.00 bits per heavy atom. The fourth-order valence-electron chi connectivity index (χ4n) is 3.34. The molecule has 2 N–H and O–H groups in total. The number of amides is 4. The average molecular weight is 449 g/mol. The van der Waals surface area contributed by atoms with Crippen molar-refractivity contribution < 1.29 is 32.3 Å². The number of rotatable bonds is 3. The predicted octanol–water partition coefficient (Wildman–Crippen LogP) is 2.36. The summed E-state index contributed by atoms with van der Waals surface area (Å²) in [6.07, 6.45) is -4.50. The molecule has 2 aliphatic heterocycles. The van der Waals surface area contributed by atoms with Gasteiger partial charge in [0.05, 0.1) is 18.5 Å².